The Hall–Kier alpha value is -4.46. The topological polar surface area (TPSA) is 95.0 Å². The number of H-pyrrole nitrogens is 1. The van der Waals surface area contributed by atoms with E-state index in [9.17, 15) is 0 Å². The van der Waals surface area contributed by atoms with Crippen molar-refractivity contribution in [3.63, 3.8) is 0 Å². The number of aromatic amines is 1. The molecule has 0 atom stereocenters. The Morgan fingerprint density at radius 2 is 1.74 bits per heavy atom. The van der Waals surface area contributed by atoms with Gasteiger partial charge in [-0.2, -0.15) is 5.21 Å². The third-order valence-electron chi connectivity index (χ3n) is 5.85. The van der Waals surface area contributed by atoms with Crippen molar-refractivity contribution >= 4 is 10.9 Å². The van der Waals surface area contributed by atoms with Crippen LogP contribution in [0.15, 0.2) is 66.7 Å². The molecular formula is C26H21N5O3. The van der Waals surface area contributed by atoms with E-state index in [-0.39, 0.29) is 6.79 Å². The Kier molecular flexibility index (Phi) is 5.03. The quantitative estimate of drug-likeness (QED) is 0.390. The first-order chi connectivity index (χ1) is 16.8. The molecule has 1 N–H and O–H groups in total. The number of tetrazole rings is 1. The van der Waals surface area contributed by atoms with Crippen LogP contribution < -0.4 is 14.2 Å². The second kappa shape index (κ2) is 8.47. The van der Waals surface area contributed by atoms with Gasteiger partial charge in [0.1, 0.15) is 12.4 Å². The summed E-state index contributed by atoms with van der Waals surface area (Å²) >= 11 is 0. The lowest BCUT2D eigenvalue weighted by molar-refractivity contribution is 0.174. The van der Waals surface area contributed by atoms with Gasteiger partial charge < -0.3 is 14.2 Å². The summed E-state index contributed by atoms with van der Waals surface area (Å²) in [4.78, 5) is 4.73. The van der Waals surface area contributed by atoms with Crippen LogP contribution in [0.4, 0.5) is 0 Å². The van der Waals surface area contributed by atoms with Crippen LogP contribution in [0.1, 0.15) is 18.2 Å². The molecule has 8 heteroatoms. The highest BCUT2D eigenvalue weighted by molar-refractivity contribution is 5.88. The van der Waals surface area contributed by atoms with Crippen LogP contribution >= 0.6 is 0 Å². The van der Waals surface area contributed by atoms with Gasteiger partial charge >= 0.3 is 0 Å². The number of benzene rings is 3. The molecule has 0 aliphatic carbocycles. The van der Waals surface area contributed by atoms with Gasteiger partial charge in [-0.25, -0.2) is 0 Å². The molecule has 6 rings (SSSR count). The van der Waals surface area contributed by atoms with Crippen LogP contribution in [0.2, 0.25) is 0 Å². The van der Waals surface area contributed by atoms with E-state index in [0.29, 0.717) is 18.2 Å². The average molecular weight is 451 g/mol. The minimum Gasteiger partial charge on any atom is -0.488 e. The smallest absolute Gasteiger partial charge is 0.231 e. The Morgan fingerprint density at radius 3 is 2.50 bits per heavy atom. The summed E-state index contributed by atoms with van der Waals surface area (Å²) in [6.45, 7) is 2.74. The Bertz CT molecular complexity index is 1470. The van der Waals surface area contributed by atoms with E-state index < -0.39 is 0 Å². The minimum absolute atomic E-state index is 0.227. The molecule has 1 aliphatic heterocycles. The lowest BCUT2D eigenvalue weighted by Gasteiger charge is -2.12. The molecule has 3 heterocycles. The molecule has 0 saturated carbocycles. The number of nitrogens with one attached hydrogen (secondary N) is 1. The van der Waals surface area contributed by atoms with Crippen molar-refractivity contribution in [2.24, 2.45) is 0 Å². The number of aryl methyl sites for hydroxylation is 1. The first kappa shape index (κ1) is 20.2. The first-order valence-corrected chi connectivity index (χ1v) is 11.1. The molecule has 0 spiro atoms. The molecule has 0 bridgehead atoms. The molecule has 168 valence electrons. The zero-order chi connectivity index (χ0) is 22.9. The maximum atomic E-state index is 6.27. The molecule has 5 aromatic rings. The Morgan fingerprint density at radius 1 is 0.941 bits per heavy atom. The largest absolute Gasteiger partial charge is 0.488 e. The van der Waals surface area contributed by atoms with Gasteiger partial charge in [0, 0.05) is 28.8 Å². The molecular weight excluding hydrogens is 430 g/mol. The van der Waals surface area contributed by atoms with Crippen LogP contribution in [0, 0.1) is 0 Å². The summed E-state index contributed by atoms with van der Waals surface area (Å²) in [7, 11) is 0. The summed E-state index contributed by atoms with van der Waals surface area (Å²) in [5.74, 6) is 2.79. The first-order valence-electron chi connectivity index (χ1n) is 11.1. The summed E-state index contributed by atoms with van der Waals surface area (Å²) in [5.41, 5.74) is 5.90. The van der Waals surface area contributed by atoms with Gasteiger partial charge in [-0.1, -0.05) is 55.5 Å². The predicted molar refractivity (Wildman–Crippen MR) is 127 cm³/mol. The molecule has 1 aliphatic rings. The zero-order valence-electron chi connectivity index (χ0n) is 18.5. The van der Waals surface area contributed by atoms with E-state index in [2.05, 4.69) is 57.9 Å². The summed E-state index contributed by atoms with van der Waals surface area (Å²) in [5, 5.41) is 15.4. The van der Waals surface area contributed by atoms with E-state index in [1.807, 2.05) is 36.4 Å². The van der Waals surface area contributed by atoms with E-state index in [1.54, 1.807) is 0 Å². The third-order valence-corrected chi connectivity index (χ3v) is 5.85. The molecule has 0 radical (unpaired) electrons. The van der Waals surface area contributed by atoms with E-state index in [0.717, 1.165) is 56.8 Å². The number of hydrogen-bond acceptors (Lipinski definition) is 7. The molecule has 34 heavy (non-hydrogen) atoms. The maximum Gasteiger partial charge on any atom is 0.231 e. The van der Waals surface area contributed by atoms with Crippen LogP contribution in [0.5, 0.6) is 17.2 Å². The van der Waals surface area contributed by atoms with Crippen LogP contribution in [-0.4, -0.2) is 32.4 Å². The fraction of sp³-hybridized carbons (Fsp3) is 0.154. The third kappa shape index (κ3) is 3.69. The highest BCUT2D eigenvalue weighted by Crippen LogP contribution is 2.39. The van der Waals surface area contributed by atoms with Crippen molar-refractivity contribution in [2.45, 2.75) is 20.0 Å². The molecule has 0 saturated heterocycles. The number of nitrogens with zero attached hydrogens (tertiary/aromatic N) is 4. The Balaban J connectivity index is 1.27. The van der Waals surface area contributed by atoms with Gasteiger partial charge in [-0.3, -0.25) is 4.98 Å². The van der Waals surface area contributed by atoms with Crippen molar-refractivity contribution < 1.29 is 14.2 Å². The number of ether oxygens (including phenoxy) is 3. The minimum atomic E-state index is 0.227. The van der Waals surface area contributed by atoms with Crippen molar-refractivity contribution in [1.82, 2.24) is 25.6 Å². The standard InChI is InChI=1S/C26H21N5O3/c1-2-18-11-23(21-12-24-25(34-15-33-24)13-22(21)27-18)32-14-16-7-9-17(10-8-16)19-5-3-4-6-20(19)26-28-30-31-29-26/h3-13H,2,14-15H2,1H3,(H,28,29,30,31). The van der Waals surface area contributed by atoms with Gasteiger partial charge in [-0.05, 0) is 34.4 Å². The average Bonchev–Trinajstić information content (AvgIpc) is 3.58. The second-order valence-corrected chi connectivity index (χ2v) is 7.95. The molecule has 0 unspecified atom stereocenters. The zero-order valence-corrected chi connectivity index (χ0v) is 18.5. The Labute approximate surface area is 195 Å². The van der Waals surface area contributed by atoms with Crippen molar-refractivity contribution in [1.29, 1.82) is 0 Å². The highest BCUT2D eigenvalue weighted by Gasteiger charge is 2.18. The normalized spacial score (nSPS) is 12.3. The van der Waals surface area contributed by atoms with Crippen molar-refractivity contribution in [3.05, 3.63) is 78.0 Å². The molecule has 3 aromatic carbocycles. The molecule has 8 nitrogen and oxygen atoms in total. The summed E-state index contributed by atoms with van der Waals surface area (Å²) in [6, 6.07) is 22.2. The summed E-state index contributed by atoms with van der Waals surface area (Å²) < 4.78 is 17.3. The fourth-order valence-electron chi connectivity index (χ4n) is 4.09. The van der Waals surface area contributed by atoms with Gasteiger partial charge in [0.2, 0.25) is 12.6 Å². The molecule has 0 fully saturated rings. The number of hydrogen-bond donors (Lipinski definition) is 1. The number of fused-ring (bicyclic) bond motifs is 2. The van der Waals surface area contributed by atoms with Gasteiger partial charge in [0.15, 0.2) is 11.5 Å². The molecule has 2 aromatic heterocycles. The van der Waals surface area contributed by atoms with Crippen LogP contribution in [-0.2, 0) is 13.0 Å². The van der Waals surface area contributed by atoms with Gasteiger partial charge in [0.05, 0.1) is 5.52 Å². The monoisotopic (exact) mass is 451 g/mol. The van der Waals surface area contributed by atoms with E-state index in [1.165, 1.54) is 0 Å². The second-order valence-electron chi connectivity index (χ2n) is 7.95. The summed E-state index contributed by atoms with van der Waals surface area (Å²) in [6.07, 6.45) is 0.815. The highest BCUT2D eigenvalue weighted by atomic mass is 16.7. The van der Waals surface area contributed by atoms with Crippen LogP contribution in [0.25, 0.3) is 33.4 Å². The van der Waals surface area contributed by atoms with Gasteiger partial charge in [-0.15, -0.1) is 10.2 Å². The lowest BCUT2D eigenvalue weighted by Crippen LogP contribution is -1.99. The van der Waals surface area contributed by atoms with Crippen molar-refractivity contribution in [3.8, 4) is 39.8 Å². The van der Waals surface area contributed by atoms with E-state index in [4.69, 9.17) is 19.2 Å². The van der Waals surface area contributed by atoms with Crippen LogP contribution in [0.3, 0.4) is 0 Å². The maximum absolute atomic E-state index is 6.27. The van der Waals surface area contributed by atoms with Crippen molar-refractivity contribution in [2.75, 3.05) is 6.79 Å². The number of aromatic nitrogens is 5. The molecule has 0 amide bonds. The number of pyridine rings is 1. The van der Waals surface area contributed by atoms with E-state index >= 15 is 0 Å². The number of rotatable bonds is 6. The van der Waals surface area contributed by atoms with Gasteiger partial charge in [0.25, 0.3) is 0 Å². The SMILES string of the molecule is CCc1cc(OCc2ccc(-c3ccccc3-c3nn[nH]n3)cc2)c2cc3c(cc2n1)OCO3. The predicted octanol–water partition coefficient (Wildman–Crippen LogP) is 4.95. The lowest BCUT2D eigenvalue weighted by atomic mass is 9.98. The fourth-order valence-corrected chi connectivity index (χ4v) is 4.09.